The van der Waals surface area contributed by atoms with Crippen molar-refractivity contribution >= 4 is 0 Å². The normalized spacial score (nSPS) is 21.4. The van der Waals surface area contributed by atoms with Crippen LogP contribution >= 0.6 is 0 Å². The largest absolute Gasteiger partial charge is 0.314 e. The Bertz CT molecular complexity index is 427. The van der Waals surface area contributed by atoms with Gasteiger partial charge in [0.1, 0.15) is 0 Å². The lowest BCUT2D eigenvalue weighted by Crippen LogP contribution is -2.53. The third kappa shape index (κ3) is 3.43. The predicted octanol–water partition coefficient (Wildman–Crippen LogP) is 0.778. The second-order valence-electron chi connectivity index (χ2n) is 5.34. The van der Waals surface area contributed by atoms with Gasteiger partial charge < -0.3 is 9.88 Å². The maximum Gasteiger partial charge on any atom is 0.250 e. The summed E-state index contributed by atoms with van der Waals surface area (Å²) < 4.78 is 1.78. The van der Waals surface area contributed by atoms with Crippen molar-refractivity contribution in [3.8, 4) is 0 Å². The Balaban J connectivity index is 1.87. The van der Waals surface area contributed by atoms with E-state index in [0.717, 1.165) is 32.7 Å². The van der Waals surface area contributed by atoms with E-state index in [0.29, 0.717) is 12.0 Å². The summed E-state index contributed by atoms with van der Waals surface area (Å²) in [5.74, 6) is 0.659. The van der Waals surface area contributed by atoms with E-state index in [1.54, 1.807) is 16.7 Å². The van der Waals surface area contributed by atoms with E-state index in [-0.39, 0.29) is 5.56 Å². The molecule has 4 heteroatoms. The van der Waals surface area contributed by atoms with E-state index in [9.17, 15) is 4.79 Å². The Kier molecular flexibility index (Phi) is 4.55. The Hall–Kier alpha value is -1.13. The van der Waals surface area contributed by atoms with Crippen molar-refractivity contribution in [3.05, 3.63) is 34.7 Å². The van der Waals surface area contributed by atoms with Crippen molar-refractivity contribution in [3.63, 3.8) is 0 Å². The Morgan fingerprint density at radius 1 is 1.39 bits per heavy atom. The first-order valence-corrected chi connectivity index (χ1v) is 6.78. The zero-order valence-electron chi connectivity index (χ0n) is 11.3. The fourth-order valence-corrected chi connectivity index (χ4v) is 2.39. The minimum absolute atomic E-state index is 0.0908. The zero-order valence-corrected chi connectivity index (χ0v) is 11.3. The summed E-state index contributed by atoms with van der Waals surface area (Å²) in [5, 5.41) is 3.55. The van der Waals surface area contributed by atoms with Gasteiger partial charge in [0.05, 0.1) is 0 Å². The number of rotatable bonds is 4. The average Bonchev–Trinajstić information content (AvgIpc) is 2.38. The highest BCUT2D eigenvalue weighted by Gasteiger charge is 2.21. The number of nitrogens with one attached hydrogen (secondary N) is 1. The van der Waals surface area contributed by atoms with E-state index in [2.05, 4.69) is 24.1 Å². The van der Waals surface area contributed by atoms with Crippen LogP contribution in [0.5, 0.6) is 0 Å². The molecule has 1 N–H and O–H groups in total. The number of piperazine rings is 1. The molecule has 0 saturated carbocycles. The molecule has 4 nitrogen and oxygen atoms in total. The number of hydrogen-bond donors (Lipinski definition) is 1. The van der Waals surface area contributed by atoms with Crippen LogP contribution in [0.25, 0.3) is 0 Å². The monoisotopic (exact) mass is 249 g/mol. The molecular formula is C14H23N3O. The van der Waals surface area contributed by atoms with Crippen LogP contribution in [-0.4, -0.2) is 41.7 Å². The lowest BCUT2D eigenvalue weighted by molar-refractivity contribution is 0.170. The van der Waals surface area contributed by atoms with Crippen molar-refractivity contribution in [2.45, 2.75) is 26.4 Å². The van der Waals surface area contributed by atoms with Crippen LogP contribution < -0.4 is 10.9 Å². The van der Waals surface area contributed by atoms with Gasteiger partial charge in [0, 0.05) is 51.0 Å². The molecule has 1 unspecified atom stereocenters. The molecule has 1 aliphatic heterocycles. The number of pyridine rings is 1. The zero-order chi connectivity index (χ0) is 13.0. The summed E-state index contributed by atoms with van der Waals surface area (Å²) in [6.45, 7) is 9.45. The molecular weight excluding hydrogens is 226 g/mol. The van der Waals surface area contributed by atoms with Crippen molar-refractivity contribution in [1.82, 2.24) is 14.8 Å². The van der Waals surface area contributed by atoms with E-state index in [4.69, 9.17) is 0 Å². The third-order valence-electron chi connectivity index (χ3n) is 3.65. The van der Waals surface area contributed by atoms with Gasteiger partial charge >= 0.3 is 0 Å². The van der Waals surface area contributed by atoms with Gasteiger partial charge in [0.25, 0.3) is 5.56 Å². The van der Waals surface area contributed by atoms with E-state index < -0.39 is 0 Å². The molecule has 0 aromatic carbocycles. The summed E-state index contributed by atoms with van der Waals surface area (Å²) in [6, 6.07) is 5.90. The molecule has 0 bridgehead atoms. The number of nitrogens with zero attached hydrogens (tertiary/aromatic N) is 2. The molecule has 1 aromatic rings. The molecule has 1 aliphatic rings. The smallest absolute Gasteiger partial charge is 0.250 e. The average molecular weight is 249 g/mol. The lowest BCUT2D eigenvalue weighted by atomic mass is 10.0. The van der Waals surface area contributed by atoms with Gasteiger partial charge in [-0.2, -0.15) is 0 Å². The molecule has 1 atom stereocenters. The van der Waals surface area contributed by atoms with Gasteiger partial charge in [-0.15, -0.1) is 0 Å². The number of hydrogen-bond acceptors (Lipinski definition) is 3. The van der Waals surface area contributed by atoms with Crippen LogP contribution in [0.15, 0.2) is 29.2 Å². The van der Waals surface area contributed by atoms with Crippen LogP contribution in [0.2, 0.25) is 0 Å². The summed E-state index contributed by atoms with van der Waals surface area (Å²) >= 11 is 0. The van der Waals surface area contributed by atoms with Gasteiger partial charge in [-0.25, -0.2) is 0 Å². The van der Waals surface area contributed by atoms with Gasteiger partial charge in [0.15, 0.2) is 0 Å². The molecule has 18 heavy (non-hydrogen) atoms. The van der Waals surface area contributed by atoms with Gasteiger partial charge in [-0.05, 0) is 12.0 Å². The van der Waals surface area contributed by atoms with Gasteiger partial charge in [-0.3, -0.25) is 9.69 Å². The fraction of sp³-hybridized carbons (Fsp3) is 0.643. The second-order valence-corrected chi connectivity index (χ2v) is 5.34. The Morgan fingerprint density at radius 3 is 2.94 bits per heavy atom. The van der Waals surface area contributed by atoms with Crippen molar-refractivity contribution in [1.29, 1.82) is 0 Å². The highest BCUT2D eigenvalue weighted by Crippen LogP contribution is 2.07. The quantitative estimate of drug-likeness (QED) is 0.857. The third-order valence-corrected chi connectivity index (χ3v) is 3.65. The topological polar surface area (TPSA) is 37.3 Å². The molecule has 100 valence electrons. The molecule has 2 heterocycles. The summed E-state index contributed by atoms with van der Waals surface area (Å²) in [5.41, 5.74) is 0.0908. The molecule has 1 saturated heterocycles. The summed E-state index contributed by atoms with van der Waals surface area (Å²) in [4.78, 5) is 14.0. The lowest BCUT2D eigenvalue weighted by Gasteiger charge is -2.35. The van der Waals surface area contributed by atoms with E-state index in [1.807, 2.05) is 12.3 Å². The highest BCUT2D eigenvalue weighted by molar-refractivity contribution is 4.93. The molecule has 1 fully saturated rings. The summed E-state index contributed by atoms with van der Waals surface area (Å²) in [7, 11) is 0. The maximum atomic E-state index is 11.6. The second kappa shape index (κ2) is 6.16. The number of aromatic nitrogens is 1. The highest BCUT2D eigenvalue weighted by atomic mass is 16.1. The SMILES string of the molecule is CC(C)C1CN(CCn2ccccc2=O)CCN1. The van der Waals surface area contributed by atoms with Crippen LogP contribution in [0.3, 0.4) is 0 Å². The first-order valence-electron chi connectivity index (χ1n) is 6.78. The van der Waals surface area contributed by atoms with Crippen LogP contribution in [0.1, 0.15) is 13.8 Å². The minimum Gasteiger partial charge on any atom is -0.314 e. The van der Waals surface area contributed by atoms with Crippen LogP contribution in [-0.2, 0) is 6.54 Å². The molecule has 0 amide bonds. The molecule has 0 aliphatic carbocycles. The maximum absolute atomic E-state index is 11.6. The molecule has 1 aromatic heterocycles. The molecule has 0 radical (unpaired) electrons. The molecule has 0 spiro atoms. The Morgan fingerprint density at radius 2 is 2.22 bits per heavy atom. The van der Waals surface area contributed by atoms with Crippen molar-refractivity contribution < 1.29 is 0 Å². The standard InChI is InChI=1S/C14H23N3O/c1-12(2)13-11-16(8-6-15-13)9-10-17-7-4-3-5-14(17)18/h3-5,7,12-13,15H,6,8-11H2,1-2H3. The first-order chi connectivity index (χ1) is 8.66. The first kappa shape index (κ1) is 13.3. The molecule has 2 rings (SSSR count). The van der Waals surface area contributed by atoms with Crippen molar-refractivity contribution in [2.75, 3.05) is 26.2 Å². The summed E-state index contributed by atoms with van der Waals surface area (Å²) in [6.07, 6.45) is 1.87. The Labute approximate surface area is 109 Å². The van der Waals surface area contributed by atoms with Crippen LogP contribution in [0, 0.1) is 5.92 Å². The van der Waals surface area contributed by atoms with Crippen LogP contribution in [0.4, 0.5) is 0 Å². The fourth-order valence-electron chi connectivity index (χ4n) is 2.39. The van der Waals surface area contributed by atoms with Gasteiger partial charge in [0.2, 0.25) is 0 Å². The minimum atomic E-state index is 0.0908. The van der Waals surface area contributed by atoms with E-state index in [1.165, 1.54) is 0 Å². The van der Waals surface area contributed by atoms with E-state index >= 15 is 0 Å². The predicted molar refractivity (Wildman–Crippen MR) is 73.8 cm³/mol. The van der Waals surface area contributed by atoms with Gasteiger partial charge in [-0.1, -0.05) is 19.9 Å². The van der Waals surface area contributed by atoms with Crippen molar-refractivity contribution in [2.24, 2.45) is 5.92 Å².